The number of H-pyrrole nitrogens is 2. The van der Waals surface area contributed by atoms with Gasteiger partial charge < -0.3 is 9.97 Å². The van der Waals surface area contributed by atoms with Gasteiger partial charge in [0.05, 0.1) is 22.8 Å². The Bertz CT molecular complexity index is 951. The van der Waals surface area contributed by atoms with Gasteiger partial charge in [0, 0.05) is 30.2 Å². The van der Waals surface area contributed by atoms with Crippen LogP contribution in [0, 0.1) is 6.92 Å². The summed E-state index contributed by atoms with van der Waals surface area (Å²) in [5.41, 5.74) is 7.39. The summed E-state index contributed by atoms with van der Waals surface area (Å²) in [6, 6.07) is 18.4. The number of nitrogens with one attached hydrogen (secondary N) is 2. The van der Waals surface area contributed by atoms with Crippen molar-refractivity contribution >= 4 is 0 Å². The third kappa shape index (κ3) is 2.99. The van der Waals surface area contributed by atoms with Gasteiger partial charge >= 0.3 is 0 Å². The molecule has 4 heterocycles. The van der Waals surface area contributed by atoms with E-state index in [0.717, 1.165) is 40.6 Å². The third-order valence-electron chi connectivity index (χ3n) is 4.00. The standard InChI is InChI=1S/C20H18N4/c1-14-7-8-19(23-14)18-5-2-4-16(24-18)12-15-9-11-22-20(13-15)17-6-3-10-21-17/h2-11,13,21,23H,12H2,1H3. The van der Waals surface area contributed by atoms with E-state index < -0.39 is 0 Å². The van der Waals surface area contributed by atoms with Crippen LogP contribution in [0.15, 0.2) is 67.0 Å². The minimum Gasteiger partial charge on any atom is -0.360 e. The van der Waals surface area contributed by atoms with Gasteiger partial charge in [0.15, 0.2) is 0 Å². The van der Waals surface area contributed by atoms with Gasteiger partial charge in [-0.05, 0) is 61.0 Å². The maximum atomic E-state index is 4.78. The van der Waals surface area contributed by atoms with E-state index in [-0.39, 0.29) is 0 Å². The number of aryl methyl sites for hydroxylation is 1. The van der Waals surface area contributed by atoms with Crippen LogP contribution in [0.3, 0.4) is 0 Å². The van der Waals surface area contributed by atoms with E-state index in [4.69, 9.17) is 4.98 Å². The average Bonchev–Trinajstić information content (AvgIpc) is 3.27. The first-order chi connectivity index (χ1) is 11.8. The highest BCUT2D eigenvalue weighted by Gasteiger charge is 2.06. The predicted molar refractivity (Wildman–Crippen MR) is 95.6 cm³/mol. The largest absolute Gasteiger partial charge is 0.360 e. The Labute approximate surface area is 140 Å². The molecule has 0 spiro atoms. The normalized spacial score (nSPS) is 10.9. The van der Waals surface area contributed by atoms with Crippen molar-refractivity contribution in [1.29, 1.82) is 0 Å². The summed E-state index contributed by atoms with van der Waals surface area (Å²) in [4.78, 5) is 15.7. The number of aromatic nitrogens is 4. The van der Waals surface area contributed by atoms with E-state index in [1.54, 1.807) is 0 Å². The molecule has 0 aliphatic rings. The summed E-state index contributed by atoms with van der Waals surface area (Å²) < 4.78 is 0. The van der Waals surface area contributed by atoms with Crippen molar-refractivity contribution in [2.24, 2.45) is 0 Å². The Hall–Kier alpha value is -3.14. The molecule has 118 valence electrons. The van der Waals surface area contributed by atoms with Crippen molar-refractivity contribution in [3.63, 3.8) is 0 Å². The fourth-order valence-electron chi connectivity index (χ4n) is 2.81. The molecule has 2 N–H and O–H groups in total. The lowest BCUT2D eigenvalue weighted by Crippen LogP contribution is -1.95. The lowest BCUT2D eigenvalue weighted by atomic mass is 10.1. The van der Waals surface area contributed by atoms with Gasteiger partial charge in [0.25, 0.3) is 0 Å². The fourth-order valence-corrected chi connectivity index (χ4v) is 2.81. The molecule has 0 atom stereocenters. The SMILES string of the molecule is Cc1ccc(-c2cccc(Cc3ccnc(-c4ccc[nH]4)c3)n2)[nH]1. The van der Waals surface area contributed by atoms with Crippen LogP contribution in [0.4, 0.5) is 0 Å². The van der Waals surface area contributed by atoms with Crippen LogP contribution in [0.5, 0.6) is 0 Å². The quantitative estimate of drug-likeness (QED) is 0.588. The van der Waals surface area contributed by atoms with Gasteiger partial charge in [0.2, 0.25) is 0 Å². The maximum Gasteiger partial charge on any atom is 0.0867 e. The fraction of sp³-hybridized carbons (Fsp3) is 0.100. The van der Waals surface area contributed by atoms with Crippen LogP contribution in [0.2, 0.25) is 0 Å². The van der Waals surface area contributed by atoms with Gasteiger partial charge in [-0.1, -0.05) is 6.07 Å². The topological polar surface area (TPSA) is 57.4 Å². The Morgan fingerprint density at radius 2 is 1.88 bits per heavy atom. The number of aromatic amines is 2. The zero-order valence-electron chi connectivity index (χ0n) is 13.5. The highest BCUT2D eigenvalue weighted by atomic mass is 14.8. The molecule has 24 heavy (non-hydrogen) atoms. The Morgan fingerprint density at radius 1 is 0.917 bits per heavy atom. The molecule has 4 aromatic heterocycles. The van der Waals surface area contributed by atoms with Crippen molar-refractivity contribution in [3.05, 3.63) is 83.9 Å². The molecule has 0 saturated heterocycles. The Balaban J connectivity index is 1.61. The summed E-state index contributed by atoms with van der Waals surface area (Å²) in [6.45, 7) is 2.05. The van der Waals surface area contributed by atoms with Crippen LogP contribution in [-0.4, -0.2) is 19.9 Å². The summed E-state index contributed by atoms with van der Waals surface area (Å²) in [5, 5.41) is 0. The molecule has 0 fully saturated rings. The number of nitrogens with zero attached hydrogens (tertiary/aromatic N) is 2. The second-order valence-electron chi connectivity index (χ2n) is 5.88. The van der Waals surface area contributed by atoms with Crippen LogP contribution in [0.1, 0.15) is 17.0 Å². The second-order valence-corrected chi connectivity index (χ2v) is 5.88. The van der Waals surface area contributed by atoms with Crippen molar-refractivity contribution in [2.75, 3.05) is 0 Å². The van der Waals surface area contributed by atoms with E-state index in [2.05, 4.69) is 45.3 Å². The van der Waals surface area contributed by atoms with E-state index in [1.165, 1.54) is 5.56 Å². The van der Waals surface area contributed by atoms with Crippen molar-refractivity contribution in [2.45, 2.75) is 13.3 Å². The second kappa shape index (κ2) is 6.16. The van der Waals surface area contributed by atoms with Crippen molar-refractivity contribution in [3.8, 4) is 22.8 Å². The first-order valence-electron chi connectivity index (χ1n) is 7.98. The molecule has 0 radical (unpaired) electrons. The molecule has 4 rings (SSSR count). The van der Waals surface area contributed by atoms with Gasteiger partial charge in [-0.15, -0.1) is 0 Å². The van der Waals surface area contributed by atoms with E-state index in [1.807, 2.05) is 43.6 Å². The van der Waals surface area contributed by atoms with Gasteiger partial charge in [0.1, 0.15) is 0 Å². The van der Waals surface area contributed by atoms with Crippen LogP contribution < -0.4 is 0 Å². The van der Waals surface area contributed by atoms with Crippen LogP contribution in [0.25, 0.3) is 22.8 Å². The molecule has 0 amide bonds. The molecular formula is C20H18N4. The Morgan fingerprint density at radius 3 is 2.67 bits per heavy atom. The van der Waals surface area contributed by atoms with Crippen LogP contribution in [-0.2, 0) is 6.42 Å². The molecule has 4 heteroatoms. The number of rotatable bonds is 4. The zero-order chi connectivity index (χ0) is 16.4. The third-order valence-corrected chi connectivity index (χ3v) is 4.00. The minimum atomic E-state index is 0.782. The first kappa shape index (κ1) is 14.5. The zero-order valence-corrected chi connectivity index (χ0v) is 13.5. The summed E-state index contributed by atoms with van der Waals surface area (Å²) >= 11 is 0. The summed E-state index contributed by atoms with van der Waals surface area (Å²) in [6.07, 6.45) is 4.54. The van der Waals surface area contributed by atoms with E-state index in [9.17, 15) is 0 Å². The smallest absolute Gasteiger partial charge is 0.0867 e. The summed E-state index contributed by atoms with van der Waals surface area (Å²) in [5.74, 6) is 0. The number of pyridine rings is 2. The molecule has 4 aromatic rings. The molecule has 0 aliphatic heterocycles. The first-order valence-corrected chi connectivity index (χ1v) is 7.98. The molecule has 0 aliphatic carbocycles. The van der Waals surface area contributed by atoms with Crippen LogP contribution >= 0.6 is 0 Å². The monoisotopic (exact) mass is 314 g/mol. The highest BCUT2D eigenvalue weighted by molar-refractivity contribution is 5.56. The molecule has 0 aromatic carbocycles. The van der Waals surface area contributed by atoms with Crippen molar-refractivity contribution < 1.29 is 0 Å². The predicted octanol–water partition coefficient (Wildman–Crippen LogP) is 4.37. The molecule has 0 saturated carbocycles. The van der Waals surface area contributed by atoms with E-state index in [0.29, 0.717) is 0 Å². The molecule has 4 nitrogen and oxygen atoms in total. The Kier molecular flexibility index (Phi) is 3.71. The number of hydrogen-bond acceptors (Lipinski definition) is 2. The van der Waals surface area contributed by atoms with Gasteiger partial charge in [-0.2, -0.15) is 0 Å². The highest BCUT2D eigenvalue weighted by Crippen LogP contribution is 2.19. The number of hydrogen-bond donors (Lipinski definition) is 2. The minimum absolute atomic E-state index is 0.782. The van der Waals surface area contributed by atoms with E-state index >= 15 is 0 Å². The van der Waals surface area contributed by atoms with Gasteiger partial charge in [-0.3, -0.25) is 9.97 Å². The maximum absolute atomic E-state index is 4.78. The molecule has 0 unspecified atom stereocenters. The molecular weight excluding hydrogens is 296 g/mol. The lowest BCUT2D eigenvalue weighted by Gasteiger charge is -2.05. The molecule has 0 bridgehead atoms. The van der Waals surface area contributed by atoms with Crippen molar-refractivity contribution in [1.82, 2.24) is 19.9 Å². The average molecular weight is 314 g/mol. The van der Waals surface area contributed by atoms with Gasteiger partial charge in [-0.25, -0.2) is 0 Å². The lowest BCUT2D eigenvalue weighted by molar-refractivity contribution is 1.06. The summed E-state index contributed by atoms with van der Waals surface area (Å²) in [7, 11) is 0.